The Morgan fingerprint density at radius 3 is 2.42 bits per heavy atom. The van der Waals surface area contributed by atoms with E-state index in [0.29, 0.717) is 12.5 Å². The van der Waals surface area contributed by atoms with E-state index in [1.165, 1.54) is 5.69 Å². The molecule has 0 saturated carbocycles. The molecule has 1 aliphatic rings. The highest BCUT2D eigenvalue weighted by Gasteiger charge is 2.20. The third-order valence-corrected chi connectivity index (χ3v) is 4.68. The summed E-state index contributed by atoms with van der Waals surface area (Å²) >= 11 is 5.96. The number of nitrogens with zero attached hydrogens (tertiary/aromatic N) is 6. The predicted molar refractivity (Wildman–Crippen MR) is 106 cm³/mol. The maximum absolute atomic E-state index is 6.21. The number of piperazine rings is 1. The Bertz CT molecular complexity index is 753. The highest BCUT2D eigenvalue weighted by molar-refractivity contribution is 6.30. The van der Waals surface area contributed by atoms with Gasteiger partial charge in [-0.2, -0.15) is 5.10 Å². The maximum atomic E-state index is 6.21. The summed E-state index contributed by atoms with van der Waals surface area (Å²) in [6, 6.07) is 7.94. The van der Waals surface area contributed by atoms with Crippen LogP contribution < -0.4 is 10.6 Å². The van der Waals surface area contributed by atoms with Gasteiger partial charge in [0.05, 0.1) is 5.54 Å². The fraction of sp³-hybridized carbons (Fsp3) is 0.500. The SMILES string of the molecule is CC(C)(C)n1ncnc1CN=C(N)N1CCN(c2ccc(Cl)cc2)CC1. The van der Waals surface area contributed by atoms with Gasteiger partial charge in [0.1, 0.15) is 18.7 Å². The Morgan fingerprint density at radius 1 is 1.15 bits per heavy atom. The van der Waals surface area contributed by atoms with Crippen LogP contribution in [0.2, 0.25) is 5.02 Å². The van der Waals surface area contributed by atoms with Crippen LogP contribution in [0.1, 0.15) is 26.6 Å². The molecule has 1 aromatic heterocycles. The summed E-state index contributed by atoms with van der Waals surface area (Å²) in [5.41, 5.74) is 7.27. The van der Waals surface area contributed by atoms with Gasteiger partial charge in [0.15, 0.2) is 5.96 Å². The maximum Gasteiger partial charge on any atom is 0.191 e. The number of aromatic nitrogens is 3. The van der Waals surface area contributed by atoms with E-state index in [0.717, 1.165) is 37.0 Å². The first kappa shape index (κ1) is 18.5. The summed E-state index contributed by atoms with van der Waals surface area (Å²) in [4.78, 5) is 13.3. The monoisotopic (exact) mass is 375 g/mol. The number of hydrogen-bond donors (Lipinski definition) is 1. The largest absolute Gasteiger partial charge is 0.370 e. The van der Waals surface area contributed by atoms with Crippen LogP contribution in [0.4, 0.5) is 5.69 Å². The number of benzene rings is 1. The van der Waals surface area contributed by atoms with Gasteiger partial charge in [-0.15, -0.1) is 0 Å². The summed E-state index contributed by atoms with van der Waals surface area (Å²) in [7, 11) is 0. The number of rotatable bonds is 3. The van der Waals surface area contributed by atoms with Gasteiger partial charge in [-0.1, -0.05) is 11.6 Å². The quantitative estimate of drug-likeness (QED) is 0.658. The van der Waals surface area contributed by atoms with Gasteiger partial charge in [-0.3, -0.25) is 0 Å². The Kier molecular flexibility index (Phi) is 5.36. The Hall–Kier alpha value is -2.28. The molecule has 2 heterocycles. The lowest BCUT2D eigenvalue weighted by atomic mass is 10.1. The molecule has 26 heavy (non-hydrogen) atoms. The molecule has 1 aliphatic heterocycles. The molecule has 2 aromatic rings. The van der Waals surface area contributed by atoms with Crippen LogP contribution in [0.3, 0.4) is 0 Å². The van der Waals surface area contributed by atoms with Crippen molar-refractivity contribution in [2.24, 2.45) is 10.7 Å². The molecule has 0 radical (unpaired) electrons. The average molecular weight is 376 g/mol. The standard InChI is InChI=1S/C18H26ClN7/c1-18(2,3)26-16(22-13-23-26)12-21-17(20)25-10-8-24(9-11-25)15-6-4-14(19)5-7-15/h4-7,13H,8-12H2,1-3H3,(H2,20,21). The third-order valence-electron chi connectivity index (χ3n) is 4.43. The summed E-state index contributed by atoms with van der Waals surface area (Å²) in [5, 5.41) is 5.05. The second-order valence-electron chi connectivity index (χ2n) is 7.38. The zero-order valence-corrected chi connectivity index (χ0v) is 16.3. The number of aliphatic imine (C=N–C) groups is 1. The molecule has 2 N–H and O–H groups in total. The number of guanidine groups is 1. The minimum Gasteiger partial charge on any atom is -0.370 e. The van der Waals surface area contributed by atoms with E-state index >= 15 is 0 Å². The van der Waals surface area contributed by atoms with Crippen molar-refractivity contribution < 1.29 is 0 Å². The topological polar surface area (TPSA) is 75.6 Å². The molecule has 8 heteroatoms. The molecule has 0 atom stereocenters. The van der Waals surface area contributed by atoms with Gasteiger partial charge >= 0.3 is 0 Å². The highest BCUT2D eigenvalue weighted by atomic mass is 35.5. The predicted octanol–water partition coefficient (Wildman–Crippen LogP) is 2.32. The molecule has 140 valence electrons. The lowest BCUT2D eigenvalue weighted by Crippen LogP contribution is -2.51. The fourth-order valence-corrected chi connectivity index (χ4v) is 3.16. The van der Waals surface area contributed by atoms with Crippen molar-refractivity contribution in [3.63, 3.8) is 0 Å². The molecule has 7 nitrogen and oxygen atoms in total. The normalized spacial score (nSPS) is 16.2. The highest BCUT2D eigenvalue weighted by Crippen LogP contribution is 2.19. The van der Waals surface area contributed by atoms with Crippen molar-refractivity contribution in [3.8, 4) is 0 Å². The second-order valence-corrected chi connectivity index (χ2v) is 7.82. The summed E-state index contributed by atoms with van der Waals surface area (Å²) in [6.45, 7) is 10.2. The molecule has 1 fully saturated rings. The second kappa shape index (κ2) is 7.53. The molecule has 0 unspecified atom stereocenters. The number of nitrogens with two attached hydrogens (primary N) is 1. The van der Waals surface area contributed by atoms with Gasteiger partial charge in [0, 0.05) is 36.9 Å². The molecular weight excluding hydrogens is 350 g/mol. The van der Waals surface area contributed by atoms with Gasteiger partial charge < -0.3 is 15.5 Å². The lowest BCUT2D eigenvalue weighted by Gasteiger charge is -2.36. The molecule has 1 aromatic carbocycles. The zero-order valence-electron chi connectivity index (χ0n) is 15.6. The summed E-state index contributed by atoms with van der Waals surface area (Å²) in [5.74, 6) is 1.38. The van der Waals surface area contributed by atoms with E-state index in [2.05, 4.69) is 57.8 Å². The number of hydrogen-bond acceptors (Lipinski definition) is 4. The van der Waals surface area contributed by atoms with Crippen molar-refractivity contribution >= 4 is 23.2 Å². The summed E-state index contributed by atoms with van der Waals surface area (Å²) < 4.78 is 1.89. The van der Waals surface area contributed by atoms with Crippen molar-refractivity contribution in [3.05, 3.63) is 41.4 Å². The first-order chi connectivity index (χ1) is 12.3. The van der Waals surface area contributed by atoms with Crippen LogP contribution in [0, 0.1) is 0 Å². The van der Waals surface area contributed by atoms with E-state index in [4.69, 9.17) is 17.3 Å². The Morgan fingerprint density at radius 2 is 1.81 bits per heavy atom. The smallest absolute Gasteiger partial charge is 0.191 e. The average Bonchev–Trinajstić information content (AvgIpc) is 3.09. The van der Waals surface area contributed by atoms with Crippen molar-refractivity contribution in [2.45, 2.75) is 32.9 Å². The minimum atomic E-state index is -0.125. The van der Waals surface area contributed by atoms with Gasteiger partial charge in [0.25, 0.3) is 0 Å². The lowest BCUT2D eigenvalue weighted by molar-refractivity contribution is 0.341. The first-order valence-electron chi connectivity index (χ1n) is 8.79. The summed E-state index contributed by atoms with van der Waals surface area (Å²) in [6.07, 6.45) is 1.57. The molecule has 1 saturated heterocycles. The van der Waals surface area contributed by atoms with Gasteiger partial charge in [-0.05, 0) is 45.0 Å². The van der Waals surface area contributed by atoms with Crippen molar-refractivity contribution in [1.29, 1.82) is 0 Å². The van der Waals surface area contributed by atoms with E-state index < -0.39 is 0 Å². The van der Waals surface area contributed by atoms with Crippen LogP contribution in [0.25, 0.3) is 0 Å². The van der Waals surface area contributed by atoms with Crippen LogP contribution in [0.5, 0.6) is 0 Å². The van der Waals surface area contributed by atoms with Crippen LogP contribution in [-0.4, -0.2) is 51.8 Å². The van der Waals surface area contributed by atoms with Gasteiger partial charge in [0.2, 0.25) is 0 Å². The van der Waals surface area contributed by atoms with E-state index in [9.17, 15) is 0 Å². The molecule has 0 aliphatic carbocycles. The van der Waals surface area contributed by atoms with Crippen molar-refractivity contribution in [2.75, 3.05) is 31.1 Å². The van der Waals surface area contributed by atoms with E-state index in [-0.39, 0.29) is 5.54 Å². The Balaban J connectivity index is 1.58. The van der Waals surface area contributed by atoms with Crippen molar-refractivity contribution in [1.82, 2.24) is 19.7 Å². The number of halogens is 1. The van der Waals surface area contributed by atoms with Crippen LogP contribution in [0.15, 0.2) is 35.6 Å². The Labute approximate surface area is 159 Å². The van der Waals surface area contributed by atoms with E-state index in [1.54, 1.807) is 6.33 Å². The fourth-order valence-electron chi connectivity index (χ4n) is 3.03. The van der Waals surface area contributed by atoms with E-state index in [1.807, 2.05) is 16.8 Å². The molecule has 0 bridgehead atoms. The minimum absolute atomic E-state index is 0.125. The molecule has 0 spiro atoms. The molecular formula is C18H26ClN7. The van der Waals surface area contributed by atoms with Crippen LogP contribution >= 0.6 is 11.6 Å². The third kappa shape index (κ3) is 4.27. The zero-order chi connectivity index (χ0) is 18.7. The number of anilines is 1. The first-order valence-corrected chi connectivity index (χ1v) is 9.17. The molecule has 3 rings (SSSR count). The van der Waals surface area contributed by atoms with Gasteiger partial charge in [-0.25, -0.2) is 14.7 Å². The molecule has 0 amide bonds. The van der Waals surface area contributed by atoms with Crippen LogP contribution in [-0.2, 0) is 12.1 Å².